The third-order valence-corrected chi connectivity index (χ3v) is 6.65. The summed E-state index contributed by atoms with van der Waals surface area (Å²) in [5.41, 5.74) is 2.50. The zero-order chi connectivity index (χ0) is 18.3. The molecule has 0 N–H and O–H groups in total. The number of likely N-dealkylation sites (tertiary alicyclic amines) is 1. The monoisotopic (exact) mass is 356 g/mol. The molecule has 4 heterocycles. The molecule has 0 aromatic carbocycles. The van der Waals surface area contributed by atoms with Crippen LogP contribution in [0.1, 0.15) is 63.3 Å². The standard InChI is InChI=1S/C21H32N4O/c1-15(2)24-12-9-16(10-13-24)23(3)20-8-7-17-18(22-20)11-14-25-19(17)5-4-6-21(25)26/h7-8,15-16,19H,4-6,9-14H2,1-3H3. The largest absolute Gasteiger partial charge is 0.357 e. The van der Waals surface area contributed by atoms with E-state index in [1.165, 1.54) is 37.2 Å². The summed E-state index contributed by atoms with van der Waals surface area (Å²) in [6.45, 7) is 7.76. The van der Waals surface area contributed by atoms with Crippen LogP contribution in [0.4, 0.5) is 5.82 Å². The second-order valence-electron chi connectivity index (χ2n) is 8.42. The van der Waals surface area contributed by atoms with Gasteiger partial charge in [0.05, 0.1) is 6.04 Å². The summed E-state index contributed by atoms with van der Waals surface area (Å²) in [5.74, 6) is 1.42. The lowest BCUT2D eigenvalue weighted by Crippen LogP contribution is -2.46. The molecule has 1 amide bonds. The molecule has 5 nitrogen and oxygen atoms in total. The zero-order valence-electron chi connectivity index (χ0n) is 16.4. The lowest BCUT2D eigenvalue weighted by Gasteiger charge is -2.41. The summed E-state index contributed by atoms with van der Waals surface area (Å²) in [6.07, 6.45) is 6.12. The van der Waals surface area contributed by atoms with E-state index >= 15 is 0 Å². The molecule has 5 heteroatoms. The molecule has 4 rings (SSSR count). The smallest absolute Gasteiger partial charge is 0.223 e. The Hall–Kier alpha value is -1.62. The molecule has 1 aromatic heterocycles. The number of carbonyl (C=O) groups is 1. The zero-order valence-corrected chi connectivity index (χ0v) is 16.4. The molecule has 0 aliphatic carbocycles. The lowest BCUT2D eigenvalue weighted by atomic mass is 9.89. The van der Waals surface area contributed by atoms with Crippen molar-refractivity contribution in [2.45, 2.75) is 70.5 Å². The molecule has 2 saturated heterocycles. The second-order valence-corrected chi connectivity index (χ2v) is 8.42. The Balaban J connectivity index is 1.48. The normalized spacial score (nSPS) is 24.5. The summed E-state index contributed by atoms with van der Waals surface area (Å²) in [4.78, 5) is 24.3. The van der Waals surface area contributed by atoms with Crippen LogP contribution in [-0.2, 0) is 11.2 Å². The van der Waals surface area contributed by atoms with Crippen LogP contribution >= 0.6 is 0 Å². The van der Waals surface area contributed by atoms with Crippen LogP contribution in [0.25, 0.3) is 0 Å². The number of aromatic nitrogens is 1. The number of nitrogens with zero attached hydrogens (tertiary/aromatic N) is 4. The van der Waals surface area contributed by atoms with Gasteiger partial charge >= 0.3 is 0 Å². The highest BCUT2D eigenvalue weighted by molar-refractivity contribution is 5.78. The van der Waals surface area contributed by atoms with Crippen molar-refractivity contribution in [3.05, 3.63) is 23.4 Å². The van der Waals surface area contributed by atoms with Crippen molar-refractivity contribution < 1.29 is 4.79 Å². The van der Waals surface area contributed by atoms with Gasteiger partial charge in [-0.1, -0.05) is 6.07 Å². The number of fused-ring (bicyclic) bond motifs is 3. The maximum Gasteiger partial charge on any atom is 0.223 e. The van der Waals surface area contributed by atoms with Gasteiger partial charge in [-0.3, -0.25) is 4.79 Å². The molecule has 26 heavy (non-hydrogen) atoms. The number of piperidine rings is 2. The maximum atomic E-state index is 12.2. The van der Waals surface area contributed by atoms with Gasteiger partial charge in [0.2, 0.25) is 5.91 Å². The molecule has 1 aromatic rings. The van der Waals surface area contributed by atoms with E-state index in [1.54, 1.807) is 0 Å². The third-order valence-electron chi connectivity index (χ3n) is 6.65. The van der Waals surface area contributed by atoms with E-state index < -0.39 is 0 Å². The fraction of sp³-hybridized carbons (Fsp3) is 0.714. The van der Waals surface area contributed by atoms with Gasteiger partial charge in [0.25, 0.3) is 0 Å². The molecule has 1 atom stereocenters. The number of amides is 1. The Labute approximate surface area is 157 Å². The highest BCUT2D eigenvalue weighted by Crippen LogP contribution is 2.37. The molecule has 1 unspecified atom stereocenters. The second kappa shape index (κ2) is 7.18. The van der Waals surface area contributed by atoms with Gasteiger partial charge in [-0.05, 0) is 51.2 Å². The molecular formula is C21H32N4O. The lowest BCUT2D eigenvalue weighted by molar-refractivity contribution is -0.137. The van der Waals surface area contributed by atoms with E-state index in [9.17, 15) is 4.79 Å². The van der Waals surface area contributed by atoms with Crippen molar-refractivity contribution in [2.75, 3.05) is 31.6 Å². The summed E-state index contributed by atoms with van der Waals surface area (Å²) in [7, 11) is 2.20. The molecule has 142 valence electrons. The summed E-state index contributed by atoms with van der Waals surface area (Å²) in [5, 5.41) is 0. The first-order valence-corrected chi connectivity index (χ1v) is 10.3. The van der Waals surface area contributed by atoms with Gasteiger partial charge < -0.3 is 14.7 Å². The Bertz CT molecular complexity index is 666. The van der Waals surface area contributed by atoms with Crippen LogP contribution in [0.5, 0.6) is 0 Å². The van der Waals surface area contributed by atoms with Gasteiger partial charge in [0.15, 0.2) is 0 Å². The minimum absolute atomic E-state index is 0.265. The first-order valence-electron chi connectivity index (χ1n) is 10.3. The van der Waals surface area contributed by atoms with Crippen molar-refractivity contribution >= 4 is 11.7 Å². The first kappa shape index (κ1) is 17.8. The van der Waals surface area contributed by atoms with Crippen LogP contribution in [0, 0.1) is 0 Å². The van der Waals surface area contributed by atoms with Gasteiger partial charge in [-0.25, -0.2) is 4.98 Å². The number of anilines is 1. The molecule has 0 bridgehead atoms. The van der Waals surface area contributed by atoms with E-state index in [1.807, 2.05) is 0 Å². The van der Waals surface area contributed by atoms with Crippen LogP contribution < -0.4 is 4.90 Å². The van der Waals surface area contributed by atoms with Crippen LogP contribution in [0.15, 0.2) is 12.1 Å². The van der Waals surface area contributed by atoms with Crippen LogP contribution in [0.3, 0.4) is 0 Å². The molecule has 3 aliphatic rings. The minimum Gasteiger partial charge on any atom is -0.357 e. The predicted octanol–water partition coefficient (Wildman–Crippen LogP) is 3.00. The average Bonchev–Trinajstić information content (AvgIpc) is 2.67. The van der Waals surface area contributed by atoms with E-state index in [-0.39, 0.29) is 6.04 Å². The Morgan fingerprint density at radius 2 is 1.88 bits per heavy atom. The van der Waals surface area contributed by atoms with Crippen molar-refractivity contribution in [1.29, 1.82) is 0 Å². The van der Waals surface area contributed by atoms with Gasteiger partial charge in [0.1, 0.15) is 5.82 Å². The Kier molecular flexibility index (Phi) is 4.91. The topological polar surface area (TPSA) is 39.7 Å². The first-order chi connectivity index (χ1) is 12.5. The van der Waals surface area contributed by atoms with Crippen LogP contribution in [-0.4, -0.2) is 59.5 Å². The Morgan fingerprint density at radius 3 is 2.62 bits per heavy atom. The maximum absolute atomic E-state index is 12.2. The van der Waals surface area contributed by atoms with E-state index in [0.717, 1.165) is 38.0 Å². The van der Waals surface area contributed by atoms with E-state index in [0.29, 0.717) is 18.0 Å². The molecule has 2 fully saturated rings. The molecule has 0 saturated carbocycles. The number of pyridine rings is 1. The SMILES string of the molecule is CC(C)N1CCC(N(C)c2ccc3c(n2)CCN2C(=O)CCCC32)CC1. The van der Waals surface area contributed by atoms with Crippen molar-refractivity contribution in [2.24, 2.45) is 0 Å². The summed E-state index contributed by atoms with van der Waals surface area (Å²) >= 11 is 0. The molecule has 3 aliphatic heterocycles. The summed E-state index contributed by atoms with van der Waals surface area (Å²) in [6, 6.07) is 5.90. The van der Waals surface area contributed by atoms with E-state index in [4.69, 9.17) is 4.98 Å². The van der Waals surface area contributed by atoms with Gasteiger partial charge in [0, 0.05) is 57.3 Å². The van der Waals surface area contributed by atoms with Crippen LogP contribution in [0.2, 0.25) is 0 Å². The highest BCUT2D eigenvalue weighted by atomic mass is 16.2. The van der Waals surface area contributed by atoms with Gasteiger partial charge in [-0.15, -0.1) is 0 Å². The fourth-order valence-electron chi connectivity index (χ4n) is 4.93. The number of hydrogen-bond acceptors (Lipinski definition) is 4. The molecule has 0 spiro atoms. The number of rotatable bonds is 3. The average molecular weight is 357 g/mol. The molecule has 0 radical (unpaired) electrons. The summed E-state index contributed by atoms with van der Waals surface area (Å²) < 4.78 is 0. The molecular weight excluding hydrogens is 324 g/mol. The Morgan fingerprint density at radius 1 is 1.12 bits per heavy atom. The highest BCUT2D eigenvalue weighted by Gasteiger charge is 2.34. The van der Waals surface area contributed by atoms with E-state index in [2.05, 4.69) is 47.7 Å². The van der Waals surface area contributed by atoms with Crippen molar-refractivity contribution in [3.63, 3.8) is 0 Å². The fourth-order valence-corrected chi connectivity index (χ4v) is 4.93. The van der Waals surface area contributed by atoms with Crippen molar-refractivity contribution in [3.8, 4) is 0 Å². The minimum atomic E-state index is 0.265. The number of hydrogen-bond donors (Lipinski definition) is 0. The third kappa shape index (κ3) is 3.22. The predicted molar refractivity (Wildman–Crippen MR) is 104 cm³/mol. The van der Waals surface area contributed by atoms with Gasteiger partial charge in [-0.2, -0.15) is 0 Å². The van der Waals surface area contributed by atoms with Crippen molar-refractivity contribution in [1.82, 2.24) is 14.8 Å². The number of carbonyl (C=O) groups excluding carboxylic acids is 1. The quantitative estimate of drug-likeness (QED) is 0.835.